The quantitative estimate of drug-likeness (QED) is 0.119. The number of carbonyl (C=O) groups is 1. The molecule has 0 atom stereocenters. The number of para-hydroxylation sites is 2. The van der Waals surface area contributed by atoms with Crippen LogP contribution in [0, 0.1) is 27.7 Å². The number of anilines is 1. The number of aliphatic hydroxyl groups excluding tert-OH is 1. The fraction of sp³-hybridized carbons (Fsp3) is 0.188. The molecule has 6 heteroatoms. The zero-order chi connectivity index (χ0) is 28.1. The molecule has 0 fully saturated rings. The molecule has 5 aromatic rings. The van der Waals surface area contributed by atoms with E-state index in [0.717, 1.165) is 33.0 Å². The zero-order valence-corrected chi connectivity index (χ0v) is 24.3. The maximum atomic E-state index is 10.3. The van der Waals surface area contributed by atoms with Crippen molar-refractivity contribution >= 4 is 46.2 Å². The number of aryl methyl sites for hydroxylation is 4. The van der Waals surface area contributed by atoms with Gasteiger partial charge in [0.1, 0.15) is 11.3 Å². The van der Waals surface area contributed by atoms with Crippen molar-refractivity contribution in [1.82, 2.24) is 4.98 Å². The second-order valence-electron chi connectivity index (χ2n) is 8.62. The van der Waals surface area contributed by atoms with Crippen LogP contribution in [-0.2, 0) is 0 Å². The Kier molecular flexibility index (Phi) is 12.7. The normalized spacial score (nSPS) is 9.76. The molecule has 5 rings (SSSR count). The summed E-state index contributed by atoms with van der Waals surface area (Å²) < 4.78 is 1.25. The van der Waals surface area contributed by atoms with Crippen molar-refractivity contribution in [3.8, 4) is 10.6 Å². The summed E-state index contributed by atoms with van der Waals surface area (Å²) in [5.74, 6) is 0. The zero-order valence-electron chi connectivity index (χ0n) is 22.6. The van der Waals surface area contributed by atoms with Crippen molar-refractivity contribution in [2.45, 2.75) is 39.5 Å². The van der Waals surface area contributed by atoms with E-state index >= 15 is 0 Å². The van der Waals surface area contributed by atoms with Crippen LogP contribution in [0.3, 0.4) is 0 Å². The highest BCUT2D eigenvalue weighted by Crippen LogP contribution is 2.30. The van der Waals surface area contributed by atoms with Gasteiger partial charge in [-0.25, -0.2) is 4.98 Å². The van der Waals surface area contributed by atoms with Crippen molar-refractivity contribution < 1.29 is 9.90 Å². The molecule has 1 aromatic heterocycles. The van der Waals surface area contributed by atoms with Crippen molar-refractivity contribution in [3.63, 3.8) is 0 Å². The topological polar surface area (TPSA) is 76.2 Å². The molecule has 38 heavy (non-hydrogen) atoms. The monoisotopic (exact) mass is 544 g/mol. The van der Waals surface area contributed by atoms with Gasteiger partial charge >= 0.3 is 0 Å². The fourth-order valence-electron chi connectivity index (χ4n) is 3.20. The average Bonchev–Trinajstić information content (AvgIpc) is 3.35. The molecule has 4 aromatic carbocycles. The Morgan fingerprint density at radius 2 is 1.42 bits per heavy atom. The molecular weight excluding hydrogens is 508 g/mol. The van der Waals surface area contributed by atoms with E-state index < -0.39 is 0 Å². The Hall–Kier alpha value is -3.45. The third-order valence-corrected chi connectivity index (χ3v) is 7.14. The van der Waals surface area contributed by atoms with Crippen molar-refractivity contribution in [3.05, 3.63) is 113 Å². The molecule has 198 valence electrons. The summed E-state index contributed by atoms with van der Waals surface area (Å²) in [5.41, 5.74) is 14.3. The summed E-state index contributed by atoms with van der Waals surface area (Å²) in [6.07, 6.45) is 0.867. The SMILES string of the molecule is CCO.Cc1ccc(-c2nc3ccccc3s2)cc1C.Cc1ccc(C=O)cc1C.Nc1ccccc1S. The van der Waals surface area contributed by atoms with Crippen LogP contribution in [-0.4, -0.2) is 23.0 Å². The maximum absolute atomic E-state index is 10.3. The van der Waals surface area contributed by atoms with Gasteiger partial charge in [-0.05, 0) is 93.3 Å². The third-order valence-electron chi connectivity index (χ3n) is 5.65. The van der Waals surface area contributed by atoms with Crippen molar-refractivity contribution in [2.75, 3.05) is 12.3 Å². The number of rotatable bonds is 2. The number of nitrogen functional groups attached to an aromatic ring is 1. The summed E-state index contributed by atoms with van der Waals surface area (Å²) in [7, 11) is 0. The molecule has 3 N–H and O–H groups in total. The van der Waals surface area contributed by atoms with Gasteiger partial charge in [-0.2, -0.15) is 0 Å². The van der Waals surface area contributed by atoms with Gasteiger partial charge in [-0.1, -0.05) is 48.5 Å². The van der Waals surface area contributed by atoms with Crippen LogP contribution in [0.1, 0.15) is 39.5 Å². The minimum absolute atomic E-state index is 0.250. The van der Waals surface area contributed by atoms with Gasteiger partial charge < -0.3 is 10.8 Å². The first-order chi connectivity index (χ1) is 18.2. The first kappa shape index (κ1) is 30.8. The predicted octanol–water partition coefficient (Wildman–Crippen LogP) is 8.25. The molecule has 0 spiro atoms. The first-order valence-corrected chi connectivity index (χ1v) is 13.6. The number of nitrogens with zero attached hydrogens (tertiary/aromatic N) is 1. The lowest BCUT2D eigenvalue weighted by molar-refractivity contribution is 0.112. The highest BCUT2D eigenvalue weighted by molar-refractivity contribution is 7.80. The number of aldehydes is 1. The lowest BCUT2D eigenvalue weighted by atomic mass is 10.1. The number of thiazole rings is 1. The maximum Gasteiger partial charge on any atom is 0.150 e. The highest BCUT2D eigenvalue weighted by Gasteiger charge is 2.06. The molecule has 4 nitrogen and oxygen atoms in total. The second kappa shape index (κ2) is 15.7. The molecule has 0 aliphatic carbocycles. The molecule has 0 amide bonds. The average molecular weight is 545 g/mol. The van der Waals surface area contributed by atoms with Crippen molar-refractivity contribution in [2.24, 2.45) is 0 Å². The number of aliphatic hydroxyl groups is 1. The number of benzene rings is 4. The Morgan fingerprint density at radius 1 is 0.842 bits per heavy atom. The minimum Gasteiger partial charge on any atom is -0.398 e. The van der Waals surface area contributed by atoms with Gasteiger partial charge in [-0.3, -0.25) is 4.79 Å². The molecule has 0 saturated heterocycles. The number of hydrogen-bond donors (Lipinski definition) is 3. The number of nitrogens with two attached hydrogens (primary N) is 1. The van der Waals surface area contributed by atoms with Gasteiger partial charge in [0.05, 0.1) is 10.2 Å². The number of hydrogen-bond acceptors (Lipinski definition) is 6. The Morgan fingerprint density at radius 3 is 1.95 bits per heavy atom. The van der Waals surface area contributed by atoms with Gasteiger partial charge in [0, 0.05) is 28.3 Å². The van der Waals surface area contributed by atoms with E-state index in [4.69, 9.17) is 10.8 Å². The van der Waals surface area contributed by atoms with Crippen LogP contribution in [0.2, 0.25) is 0 Å². The summed E-state index contributed by atoms with van der Waals surface area (Å²) in [6.45, 7) is 10.2. The largest absolute Gasteiger partial charge is 0.398 e. The number of aromatic nitrogens is 1. The van der Waals surface area contributed by atoms with Crippen LogP contribution < -0.4 is 5.73 Å². The lowest BCUT2D eigenvalue weighted by Gasteiger charge is -2.01. The van der Waals surface area contributed by atoms with E-state index in [1.165, 1.54) is 32.5 Å². The van der Waals surface area contributed by atoms with Crippen LogP contribution in [0.15, 0.2) is 89.8 Å². The smallest absolute Gasteiger partial charge is 0.150 e. The molecule has 0 bridgehead atoms. The van der Waals surface area contributed by atoms with E-state index in [1.54, 1.807) is 18.3 Å². The van der Waals surface area contributed by atoms with Crippen molar-refractivity contribution in [1.29, 1.82) is 0 Å². The van der Waals surface area contributed by atoms with E-state index in [1.807, 2.05) is 62.4 Å². The van der Waals surface area contributed by atoms with E-state index in [9.17, 15) is 4.79 Å². The molecular formula is C32H36N2O2S2. The molecule has 1 heterocycles. The molecule has 0 unspecified atom stereocenters. The third kappa shape index (κ3) is 9.45. The van der Waals surface area contributed by atoms with E-state index in [2.05, 4.69) is 67.9 Å². The standard InChI is InChI=1S/C15H13NS.C9H10O.C6H7NS.C2H6O/c1-10-7-8-12(9-11(10)2)15-16-13-5-3-4-6-14(13)17-15;1-7-3-4-9(6-10)5-8(7)2;7-5-3-1-2-4-6(5)8;1-2-3/h3-9H,1-2H3;3-6H,1-2H3;1-4,8H,7H2;3H,2H2,1H3. The van der Waals surface area contributed by atoms with Gasteiger partial charge in [0.15, 0.2) is 0 Å². The summed E-state index contributed by atoms with van der Waals surface area (Å²) in [6, 6.07) is 28.0. The van der Waals surface area contributed by atoms with E-state index in [0.29, 0.717) is 0 Å². The second-order valence-corrected chi connectivity index (χ2v) is 10.1. The fourth-order valence-corrected chi connectivity index (χ4v) is 4.32. The molecule has 0 aliphatic rings. The molecule has 0 radical (unpaired) electrons. The lowest BCUT2D eigenvalue weighted by Crippen LogP contribution is -1.84. The van der Waals surface area contributed by atoms with Crippen LogP contribution in [0.5, 0.6) is 0 Å². The number of carbonyl (C=O) groups excluding carboxylic acids is 1. The molecule has 0 saturated carbocycles. The Labute approximate surface area is 235 Å². The van der Waals surface area contributed by atoms with E-state index in [-0.39, 0.29) is 6.61 Å². The first-order valence-electron chi connectivity index (χ1n) is 12.3. The summed E-state index contributed by atoms with van der Waals surface area (Å²) in [4.78, 5) is 15.8. The summed E-state index contributed by atoms with van der Waals surface area (Å²) in [5, 5.41) is 8.68. The number of thiol groups is 1. The highest BCUT2D eigenvalue weighted by atomic mass is 32.1. The van der Waals surface area contributed by atoms with Crippen LogP contribution >= 0.6 is 24.0 Å². The number of fused-ring (bicyclic) bond motifs is 1. The Balaban J connectivity index is 0.000000206. The Bertz CT molecular complexity index is 1410. The van der Waals surface area contributed by atoms with Crippen LogP contribution in [0.4, 0.5) is 5.69 Å². The van der Waals surface area contributed by atoms with Gasteiger partial charge in [-0.15, -0.1) is 24.0 Å². The minimum atomic E-state index is 0.250. The predicted molar refractivity (Wildman–Crippen MR) is 167 cm³/mol. The van der Waals surface area contributed by atoms with Gasteiger partial charge in [0.2, 0.25) is 0 Å². The summed E-state index contributed by atoms with van der Waals surface area (Å²) >= 11 is 5.83. The molecule has 0 aliphatic heterocycles. The van der Waals surface area contributed by atoms with Gasteiger partial charge in [0.25, 0.3) is 0 Å². The van der Waals surface area contributed by atoms with Crippen LogP contribution in [0.25, 0.3) is 20.8 Å².